The number of anilines is 1. The minimum absolute atomic E-state index is 0.282. The lowest BCUT2D eigenvalue weighted by Crippen LogP contribution is -2.20. The first-order valence-corrected chi connectivity index (χ1v) is 6.77. The summed E-state index contributed by atoms with van der Waals surface area (Å²) in [6.45, 7) is 2.52. The van der Waals surface area contributed by atoms with Crippen LogP contribution in [0.1, 0.15) is 28.9 Å². The number of aromatic nitrogens is 2. The number of carboxylic acids is 1. The highest BCUT2D eigenvalue weighted by atomic mass is 32.2. The monoisotopic (exact) mass is 255 g/mol. The van der Waals surface area contributed by atoms with Crippen molar-refractivity contribution in [1.82, 2.24) is 9.78 Å². The van der Waals surface area contributed by atoms with Crippen LogP contribution in [0.15, 0.2) is 0 Å². The van der Waals surface area contributed by atoms with Crippen LogP contribution in [-0.2, 0) is 7.05 Å². The van der Waals surface area contributed by atoms with E-state index in [4.69, 9.17) is 5.11 Å². The van der Waals surface area contributed by atoms with Gasteiger partial charge < -0.3 is 10.4 Å². The van der Waals surface area contributed by atoms with Gasteiger partial charge in [0.05, 0.1) is 5.69 Å². The molecule has 1 aromatic heterocycles. The van der Waals surface area contributed by atoms with Gasteiger partial charge >= 0.3 is 5.97 Å². The fraction of sp³-hybridized carbons (Fsp3) is 0.636. The van der Waals surface area contributed by atoms with Gasteiger partial charge in [-0.05, 0) is 26.0 Å². The average Bonchev–Trinajstić information content (AvgIpc) is 2.97. The molecule has 0 unspecified atom stereocenters. The minimum Gasteiger partial charge on any atom is -0.477 e. The first-order valence-electron chi connectivity index (χ1n) is 5.55. The van der Waals surface area contributed by atoms with E-state index in [1.807, 2.05) is 11.8 Å². The van der Waals surface area contributed by atoms with Crippen molar-refractivity contribution in [3.8, 4) is 0 Å². The number of hydrogen-bond donors (Lipinski definition) is 2. The first kappa shape index (κ1) is 12.3. The van der Waals surface area contributed by atoms with Gasteiger partial charge in [-0.3, -0.25) is 4.68 Å². The van der Waals surface area contributed by atoms with Crippen molar-refractivity contribution in [2.45, 2.75) is 24.5 Å². The predicted octanol–water partition coefficient (Wildman–Crippen LogP) is 1.73. The van der Waals surface area contributed by atoms with E-state index in [-0.39, 0.29) is 5.56 Å². The quantitative estimate of drug-likeness (QED) is 0.838. The maximum absolute atomic E-state index is 11.2. The summed E-state index contributed by atoms with van der Waals surface area (Å²) in [4.78, 5) is 11.2. The van der Waals surface area contributed by atoms with Crippen LogP contribution < -0.4 is 5.32 Å². The molecule has 1 heterocycles. The molecule has 1 saturated carbocycles. The topological polar surface area (TPSA) is 67.2 Å². The van der Waals surface area contributed by atoms with Crippen LogP contribution >= 0.6 is 11.8 Å². The molecule has 0 radical (unpaired) electrons. The summed E-state index contributed by atoms with van der Waals surface area (Å²) >= 11 is 1.84. The second kappa shape index (κ2) is 4.25. The van der Waals surface area contributed by atoms with Gasteiger partial charge in [0.2, 0.25) is 0 Å². The van der Waals surface area contributed by atoms with E-state index in [1.165, 1.54) is 12.8 Å². The smallest absolute Gasteiger partial charge is 0.341 e. The Bertz CT molecular complexity index is 452. The molecule has 0 spiro atoms. The first-order chi connectivity index (χ1) is 7.99. The van der Waals surface area contributed by atoms with Crippen molar-refractivity contribution < 1.29 is 9.90 Å². The highest BCUT2D eigenvalue weighted by Crippen LogP contribution is 2.47. The Morgan fingerprint density at radius 1 is 1.65 bits per heavy atom. The molecular formula is C11H17N3O2S. The Morgan fingerprint density at radius 3 is 2.76 bits per heavy atom. The molecule has 17 heavy (non-hydrogen) atoms. The number of hydrogen-bond acceptors (Lipinski definition) is 4. The molecule has 0 amide bonds. The summed E-state index contributed by atoms with van der Waals surface area (Å²) < 4.78 is 1.91. The van der Waals surface area contributed by atoms with Gasteiger partial charge in [0.1, 0.15) is 11.4 Å². The van der Waals surface area contributed by atoms with E-state index >= 15 is 0 Å². The third-order valence-electron chi connectivity index (χ3n) is 3.25. The predicted molar refractivity (Wildman–Crippen MR) is 68.9 cm³/mol. The van der Waals surface area contributed by atoms with Crippen LogP contribution in [0.3, 0.4) is 0 Å². The third-order valence-corrected chi connectivity index (χ3v) is 4.67. The third kappa shape index (κ3) is 2.26. The highest BCUT2D eigenvalue weighted by Gasteiger charge is 2.42. The Morgan fingerprint density at radius 2 is 2.29 bits per heavy atom. The van der Waals surface area contributed by atoms with Crippen molar-refractivity contribution in [2.75, 3.05) is 18.1 Å². The fourth-order valence-electron chi connectivity index (χ4n) is 1.95. The fourth-order valence-corrected chi connectivity index (χ4v) is 2.68. The maximum atomic E-state index is 11.2. The number of nitrogens with zero attached hydrogens (tertiary/aromatic N) is 2. The van der Waals surface area contributed by atoms with Gasteiger partial charge in [-0.2, -0.15) is 16.9 Å². The van der Waals surface area contributed by atoms with Crippen LogP contribution in [0.25, 0.3) is 0 Å². The molecule has 0 atom stereocenters. The van der Waals surface area contributed by atoms with E-state index < -0.39 is 5.97 Å². The molecule has 2 rings (SSSR count). The number of aryl methyl sites for hydroxylation is 2. The van der Waals surface area contributed by atoms with Gasteiger partial charge in [0, 0.05) is 18.3 Å². The van der Waals surface area contributed by atoms with Crippen molar-refractivity contribution in [2.24, 2.45) is 7.05 Å². The summed E-state index contributed by atoms with van der Waals surface area (Å²) in [5.41, 5.74) is 0.834. The molecule has 0 aliphatic heterocycles. The van der Waals surface area contributed by atoms with Gasteiger partial charge in [-0.1, -0.05) is 0 Å². The van der Waals surface area contributed by atoms with E-state index in [0.717, 1.165) is 6.54 Å². The van der Waals surface area contributed by atoms with Crippen LogP contribution in [0.5, 0.6) is 0 Å². The zero-order valence-electron chi connectivity index (χ0n) is 10.3. The normalized spacial score (nSPS) is 16.9. The summed E-state index contributed by atoms with van der Waals surface area (Å²) in [6.07, 6.45) is 4.49. The van der Waals surface area contributed by atoms with Crippen molar-refractivity contribution in [1.29, 1.82) is 0 Å². The molecule has 1 aliphatic rings. The maximum Gasteiger partial charge on any atom is 0.341 e. The average molecular weight is 255 g/mol. The lowest BCUT2D eigenvalue weighted by molar-refractivity contribution is 0.0697. The molecule has 1 aromatic rings. The van der Waals surface area contributed by atoms with Crippen LogP contribution in [-0.4, -0.2) is 38.4 Å². The van der Waals surface area contributed by atoms with E-state index in [0.29, 0.717) is 16.3 Å². The lowest BCUT2D eigenvalue weighted by Gasteiger charge is -2.14. The zero-order valence-corrected chi connectivity index (χ0v) is 11.1. The molecule has 1 aliphatic carbocycles. The van der Waals surface area contributed by atoms with E-state index in [1.54, 1.807) is 18.7 Å². The standard InChI is InChI=1S/C11H17N3O2S/c1-7-8(10(15)16)9(14(2)13-7)12-6-11(17-3)4-5-11/h12H,4-6H2,1-3H3,(H,15,16). The summed E-state index contributed by atoms with van der Waals surface area (Å²) in [5, 5.41) is 16.5. The van der Waals surface area contributed by atoms with Gasteiger partial charge in [0.15, 0.2) is 0 Å². The number of rotatable bonds is 5. The van der Waals surface area contributed by atoms with Crippen molar-refractivity contribution in [3.05, 3.63) is 11.3 Å². The molecular weight excluding hydrogens is 238 g/mol. The molecule has 0 saturated heterocycles. The van der Waals surface area contributed by atoms with Crippen molar-refractivity contribution in [3.63, 3.8) is 0 Å². The Balaban J connectivity index is 2.17. The van der Waals surface area contributed by atoms with Crippen LogP contribution in [0.2, 0.25) is 0 Å². The summed E-state index contributed by atoms with van der Waals surface area (Å²) in [6, 6.07) is 0. The van der Waals surface area contributed by atoms with Gasteiger partial charge in [-0.25, -0.2) is 4.79 Å². The number of carboxylic acid groups (broad SMARTS) is 1. The van der Waals surface area contributed by atoms with E-state index in [9.17, 15) is 4.79 Å². The van der Waals surface area contributed by atoms with E-state index in [2.05, 4.69) is 16.7 Å². The number of aromatic carboxylic acids is 1. The SMILES string of the molecule is CSC1(CNc2c(C(=O)O)c(C)nn2C)CC1. The summed E-state index contributed by atoms with van der Waals surface area (Å²) in [7, 11) is 1.76. The Hall–Kier alpha value is -1.17. The highest BCUT2D eigenvalue weighted by molar-refractivity contribution is 8.00. The molecule has 0 aromatic carbocycles. The zero-order chi connectivity index (χ0) is 12.6. The molecule has 5 nitrogen and oxygen atoms in total. The second-order valence-corrected chi connectivity index (χ2v) is 5.75. The van der Waals surface area contributed by atoms with Crippen LogP contribution in [0, 0.1) is 6.92 Å². The largest absolute Gasteiger partial charge is 0.477 e. The summed E-state index contributed by atoms with van der Waals surface area (Å²) in [5.74, 6) is -0.317. The molecule has 1 fully saturated rings. The number of nitrogens with one attached hydrogen (secondary N) is 1. The number of carbonyl (C=O) groups is 1. The molecule has 6 heteroatoms. The lowest BCUT2D eigenvalue weighted by atomic mass is 10.2. The number of thioether (sulfide) groups is 1. The van der Waals surface area contributed by atoms with Crippen molar-refractivity contribution >= 4 is 23.5 Å². The minimum atomic E-state index is -0.924. The second-order valence-electron chi connectivity index (χ2n) is 4.48. The molecule has 94 valence electrons. The Labute approximate surface area is 105 Å². The molecule has 2 N–H and O–H groups in total. The Kier molecular flexibility index (Phi) is 3.07. The van der Waals surface area contributed by atoms with Gasteiger partial charge in [-0.15, -0.1) is 0 Å². The van der Waals surface area contributed by atoms with Crippen LogP contribution in [0.4, 0.5) is 5.82 Å². The van der Waals surface area contributed by atoms with Gasteiger partial charge in [0.25, 0.3) is 0 Å². The molecule has 0 bridgehead atoms.